The predicted molar refractivity (Wildman–Crippen MR) is 97.6 cm³/mol. The highest BCUT2D eigenvalue weighted by molar-refractivity contribution is 5.77. The van der Waals surface area contributed by atoms with Gasteiger partial charge in [0.1, 0.15) is 5.69 Å². The molecular formula is C18H17N7. The van der Waals surface area contributed by atoms with Crippen molar-refractivity contribution in [3.63, 3.8) is 0 Å². The summed E-state index contributed by atoms with van der Waals surface area (Å²) < 4.78 is 1.78. The summed E-state index contributed by atoms with van der Waals surface area (Å²) in [5.74, 6) is 0.678. The van der Waals surface area contributed by atoms with Crippen LogP contribution >= 0.6 is 0 Å². The highest BCUT2D eigenvalue weighted by atomic mass is 15.2. The van der Waals surface area contributed by atoms with Crippen molar-refractivity contribution in [3.05, 3.63) is 53.1 Å². The summed E-state index contributed by atoms with van der Waals surface area (Å²) in [5, 5.41) is 13.2. The monoisotopic (exact) mass is 331 g/mol. The predicted octanol–water partition coefficient (Wildman–Crippen LogP) is 1.38. The molecule has 7 heteroatoms. The molecule has 0 fully saturated rings. The molecule has 0 saturated heterocycles. The molecule has 0 aliphatic rings. The topological polar surface area (TPSA) is 88.1 Å². The summed E-state index contributed by atoms with van der Waals surface area (Å²) in [4.78, 5) is 11.9. The van der Waals surface area contributed by atoms with Crippen LogP contribution in [0.25, 0.3) is 40.8 Å². The van der Waals surface area contributed by atoms with Gasteiger partial charge >= 0.3 is 0 Å². The molecule has 0 saturated carbocycles. The molecule has 2 N–H and O–H groups in total. The largest absolute Gasteiger partial charge is 0.335 e. The zero-order valence-electron chi connectivity index (χ0n) is 14.0. The highest BCUT2D eigenvalue weighted by Gasteiger charge is 2.09. The van der Waals surface area contributed by atoms with E-state index in [1.54, 1.807) is 17.1 Å². The summed E-state index contributed by atoms with van der Waals surface area (Å²) in [6, 6.07) is 1.86. The average molecular weight is 331 g/mol. The maximum atomic E-state index is 4.54. The Morgan fingerprint density at radius 3 is 2.96 bits per heavy atom. The van der Waals surface area contributed by atoms with Gasteiger partial charge in [0.15, 0.2) is 5.82 Å². The molecule has 0 atom stereocenters. The van der Waals surface area contributed by atoms with E-state index in [1.807, 2.05) is 44.6 Å². The summed E-state index contributed by atoms with van der Waals surface area (Å²) >= 11 is 0. The Balaban J connectivity index is 1.72. The molecule has 0 aliphatic carbocycles. The normalized spacial score (nSPS) is 13.0. The summed E-state index contributed by atoms with van der Waals surface area (Å²) in [5.41, 5.74) is 4.62. The van der Waals surface area contributed by atoms with Gasteiger partial charge in [0, 0.05) is 30.2 Å². The number of pyridine rings is 1. The first kappa shape index (κ1) is 15.1. The van der Waals surface area contributed by atoms with Gasteiger partial charge in [-0.15, -0.1) is 0 Å². The number of aryl methyl sites for hydroxylation is 1. The first-order chi connectivity index (χ1) is 12.1. The van der Waals surface area contributed by atoms with E-state index >= 15 is 0 Å². The van der Waals surface area contributed by atoms with Crippen LogP contribution in [0.15, 0.2) is 36.9 Å². The third-order valence-corrected chi connectivity index (χ3v) is 4.07. The minimum Gasteiger partial charge on any atom is -0.335 e. The first-order valence-electron chi connectivity index (χ1n) is 7.83. The van der Waals surface area contributed by atoms with Crippen LogP contribution in [-0.2, 0) is 7.05 Å². The molecule has 0 unspecified atom stereocenters. The molecule has 4 aromatic rings. The number of nitrogens with one attached hydrogen (secondary N) is 2. The van der Waals surface area contributed by atoms with E-state index in [2.05, 4.69) is 36.8 Å². The van der Waals surface area contributed by atoms with Crippen molar-refractivity contribution < 1.29 is 0 Å². The lowest BCUT2D eigenvalue weighted by atomic mass is 10.1. The zero-order chi connectivity index (χ0) is 17.4. The fraction of sp³-hybridized carbons (Fsp3) is 0.111. The Kier molecular flexibility index (Phi) is 3.53. The summed E-state index contributed by atoms with van der Waals surface area (Å²) in [6.07, 6.45) is 11.3. The number of hydrogen-bond donors (Lipinski definition) is 2. The maximum Gasteiger partial charge on any atom is 0.159 e. The molecule has 0 radical (unpaired) electrons. The highest BCUT2D eigenvalue weighted by Crippen LogP contribution is 2.14. The third kappa shape index (κ3) is 2.76. The van der Waals surface area contributed by atoms with Crippen LogP contribution < -0.4 is 10.6 Å². The minimum atomic E-state index is 0.678. The number of aromatic amines is 2. The third-order valence-electron chi connectivity index (χ3n) is 4.07. The van der Waals surface area contributed by atoms with E-state index < -0.39 is 0 Å². The number of H-pyrrole nitrogens is 2. The fourth-order valence-corrected chi connectivity index (χ4v) is 2.61. The SMILES string of the molecule is C=c1c(-c2nc3ccncc3[nH]2)n[nH]/c1=C/C=C(\C)c1cnn(C)c1. The second kappa shape index (κ2) is 5.86. The zero-order valence-corrected chi connectivity index (χ0v) is 14.0. The fourth-order valence-electron chi connectivity index (χ4n) is 2.61. The van der Waals surface area contributed by atoms with Crippen LogP contribution in [0.4, 0.5) is 0 Å². The lowest BCUT2D eigenvalue weighted by molar-refractivity contribution is 0.767. The molecule has 0 spiro atoms. The number of aromatic nitrogens is 7. The second-order valence-corrected chi connectivity index (χ2v) is 5.86. The number of imidazole rings is 1. The van der Waals surface area contributed by atoms with E-state index in [0.717, 1.165) is 32.7 Å². The van der Waals surface area contributed by atoms with Gasteiger partial charge in [-0.05, 0) is 24.6 Å². The maximum absolute atomic E-state index is 4.54. The van der Waals surface area contributed by atoms with Crippen LogP contribution in [0, 0.1) is 0 Å². The minimum absolute atomic E-state index is 0.678. The molecule has 7 nitrogen and oxygen atoms in total. The van der Waals surface area contributed by atoms with Crippen LogP contribution in [0.5, 0.6) is 0 Å². The van der Waals surface area contributed by atoms with Gasteiger partial charge < -0.3 is 4.98 Å². The van der Waals surface area contributed by atoms with Crippen LogP contribution in [0.3, 0.4) is 0 Å². The van der Waals surface area contributed by atoms with Crippen molar-refractivity contribution in [2.45, 2.75) is 6.92 Å². The number of allylic oxidation sites excluding steroid dienone is 2. The van der Waals surface area contributed by atoms with Crippen molar-refractivity contribution in [1.82, 2.24) is 34.9 Å². The van der Waals surface area contributed by atoms with Gasteiger partial charge in [0.25, 0.3) is 0 Å². The Morgan fingerprint density at radius 2 is 2.20 bits per heavy atom. The summed E-state index contributed by atoms with van der Waals surface area (Å²) in [6.45, 7) is 6.18. The Bertz CT molecular complexity index is 1160. The van der Waals surface area contributed by atoms with E-state index in [1.165, 1.54) is 0 Å². The molecular weight excluding hydrogens is 314 g/mol. The first-order valence-corrected chi connectivity index (χ1v) is 7.83. The van der Waals surface area contributed by atoms with Gasteiger partial charge in [0.2, 0.25) is 0 Å². The molecule has 0 aliphatic heterocycles. The van der Waals surface area contributed by atoms with E-state index in [4.69, 9.17) is 0 Å². The lowest BCUT2D eigenvalue weighted by Gasteiger charge is -1.92. The van der Waals surface area contributed by atoms with Gasteiger partial charge in [-0.2, -0.15) is 10.2 Å². The molecule has 4 aromatic heterocycles. The molecule has 4 heterocycles. The lowest BCUT2D eigenvalue weighted by Crippen LogP contribution is -2.21. The molecule has 25 heavy (non-hydrogen) atoms. The van der Waals surface area contributed by atoms with Gasteiger partial charge in [-0.1, -0.05) is 12.7 Å². The van der Waals surface area contributed by atoms with Crippen molar-refractivity contribution >= 4 is 29.3 Å². The number of rotatable bonds is 3. The molecule has 0 amide bonds. The van der Waals surface area contributed by atoms with Crippen molar-refractivity contribution in [1.29, 1.82) is 0 Å². The molecule has 4 rings (SSSR count). The molecule has 0 bridgehead atoms. The van der Waals surface area contributed by atoms with E-state index in [0.29, 0.717) is 11.5 Å². The van der Waals surface area contributed by atoms with Gasteiger partial charge in [0.05, 0.1) is 28.8 Å². The number of fused-ring (bicyclic) bond motifs is 1. The Morgan fingerprint density at radius 1 is 1.32 bits per heavy atom. The molecule has 124 valence electrons. The number of nitrogens with zero attached hydrogens (tertiary/aromatic N) is 5. The van der Waals surface area contributed by atoms with Crippen molar-refractivity contribution in [2.24, 2.45) is 7.05 Å². The van der Waals surface area contributed by atoms with Gasteiger partial charge in [-0.3, -0.25) is 14.8 Å². The Hall–Kier alpha value is -3.48. The van der Waals surface area contributed by atoms with Gasteiger partial charge in [-0.25, -0.2) is 4.98 Å². The quantitative estimate of drug-likeness (QED) is 0.593. The average Bonchev–Trinajstić information content (AvgIpc) is 3.30. The van der Waals surface area contributed by atoms with E-state index in [9.17, 15) is 0 Å². The standard InChI is InChI=1S/C18H17N7/c1-11(13-8-20-25(3)10-13)4-5-14-12(2)17(24-23-14)18-21-15-6-7-19-9-16(15)22-18/h4-10,23H,2H2,1,3H3,(H,21,22)/b11-4+,14-5+. The van der Waals surface area contributed by atoms with E-state index in [-0.39, 0.29) is 0 Å². The molecule has 0 aromatic carbocycles. The second-order valence-electron chi connectivity index (χ2n) is 5.86. The smallest absolute Gasteiger partial charge is 0.159 e. The number of hydrogen-bond acceptors (Lipinski definition) is 4. The van der Waals surface area contributed by atoms with Crippen LogP contribution in [0.2, 0.25) is 0 Å². The Labute approximate surface area is 143 Å². The van der Waals surface area contributed by atoms with Crippen LogP contribution in [0.1, 0.15) is 12.5 Å². The summed E-state index contributed by atoms with van der Waals surface area (Å²) in [7, 11) is 1.90. The van der Waals surface area contributed by atoms with Crippen molar-refractivity contribution in [2.75, 3.05) is 0 Å². The van der Waals surface area contributed by atoms with Crippen molar-refractivity contribution in [3.8, 4) is 11.5 Å². The van der Waals surface area contributed by atoms with Crippen LogP contribution in [-0.4, -0.2) is 34.9 Å².